The van der Waals surface area contributed by atoms with E-state index in [2.05, 4.69) is 110 Å². The van der Waals surface area contributed by atoms with E-state index in [0.717, 1.165) is 0 Å². The molecule has 1 aliphatic rings. The first-order chi connectivity index (χ1) is 15.1. The Hall–Kier alpha value is -2.57. The fraction of sp³-hybridized carbons (Fsp3) is 0.111. The van der Waals surface area contributed by atoms with Crippen molar-refractivity contribution in [3.05, 3.63) is 77.2 Å². The van der Waals surface area contributed by atoms with Crippen molar-refractivity contribution in [3.63, 3.8) is 0 Å². The van der Waals surface area contributed by atoms with Crippen LogP contribution >= 0.6 is 34.2 Å². The second-order valence-corrected chi connectivity index (χ2v) is 11.1. The molecule has 4 heterocycles. The molecule has 0 fully saturated rings. The van der Waals surface area contributed by atoms with Crippen LogP contribution in [0.3, 0.4) is 0 Å². The Kier molecular flexibility index (Phi) is 2.88. The molecule has 0 atom stereocenters. The topological polar surface area (TPSA) is 9.34 Å². The fourth-order valence-electron chi connectivity index (χ4n) is 6.24. The van der Waals surface area contributed by atoms with Gasteiger partial charge in [0.1, 0.15) is 4.83 Å². The lowest BCUT2D eigenvalue weighted by molar-refractivity contribution is 0.666. The number of fused-ring (bicyclic) bond motifs is 8. The van der Waals surface area contributed by atoms with E-state index >= 15 is 0 Å². The SMILES string of the molecule is CC1(C)c2ccccc2-c2c1c1ccc3c4c5c(cccc5n3I)c3ccsc3n2c14. The maximum absolute atomic E-state index is 2.59. The minimum Gasteiger partial charge on any atom is -0.299 e. The highest BCUT2D eigenvalue weighted by Crippen LogP contribution is 2.55. The van der Waals surface area contributed by atoms with Crippen LogP contribution in [0.2, 0.25) is 0 Å². The lowest BCUT2D eigenvalue weighted by Gasteiger charge is -2.21. The monoisotopic (exact) mass is 528 g/mol. The lowest BCUT2D eigenvalue weighted by atomic mass is 9.81. The van der Waals surface area contributed by atoms with Crippen molar-refractivity contribution >= 4 is 82.5 Å². The molecule has 0 amide bonds. The Balaban J connectivity index is 1.84. The van der Waals surface area contributed by atoms with Crippen LogP contribution in [0, 0.1) is 0 Å². The van der Waals surface area contributed by atoms with Gasteiger partial charge in [-0.15, -0.1) is 11.3 Å². The van der Waals surface area contributed by atoms with Crippen molar-refractivity contribution in [3.8, 4) is 11.3 Å². The van der Waals surface area contributed by atoms with Crippen molar-refractivity contribution in [2.24, 2.45) is 0 Å². The Labute approximate surface area is 196 Å². The molecule has 8 rings (SSSR count). The van der Waals surface area contributed by atoms with Crippen LogP contribution < -0.4 is 0 Å². The number of benzene rings is 3. The zero-order chi connectivity index (χ0) is 20.6. The van der Waals surface area contributed by atoms with Crippen LogP contribution in [-0.2, 0) is 5.41 Å². The minimum absolute atomic E-state index is 0.0226. The molecule has 0 saturated carbocycles. The number of hydrogen-bond donors (Lipinski definition) is 0. The standard InChI is InChI=1S/C27H17IN2S/c1-27(2)18-8-4-3-6-16(18)25-23(27)17-10-11-20-22-21-14(7-5-9-19(21)30(20)28)15-12-13-31-26(15)29(25)24(17)22/h3-13H,1-2H3. The summed E-state index contributed by atoms with van der Waals surface area (Å²) in [7, 11) is 0. The first-order valence-corrected chi connectivity index (χ1v) is 12.4. The summed E-state index contributed by atoms with van der Waals surface area (Å²) in [5, 5.41) is 9.12. The van der Waals surface area contributed by atoms with Gasteiger partial charge in [0.05, 0.1) is 45.1 Å². The zero-order valence-corrected chi connectivity index (χ0v) is 20.0. The van der Waals surface area contributed by atoms with E-state index < -0.39 is 0 Å². The van der Waals surface area contributed by atoms with Crippen molar-refractivity contribution in [1.82, 2.24) is 7.18 Å². The summed E-state index contributed by atoms with van der Waals surface area (Å²) in [6.45, 7) is 4.78. The maximum atomic E-state index is 2.59. The van der Waals surface area contributed by atoms with Crippen molar-refractivity contribution in [2.45, 2.75) is 19.3 Å². The van der Waals surface area contributed by atoms with Gasteiger partial charge in [-0.05, 0) is 40.1 Å². The van der Waals surface area contributed by atoms with Gasteiger partial charge in [-0.3, -0.25) is 7.18 Å². The van der Waals surface area contributed by atoms with Crippen LogP contribution in [0.4, 0.5) is 0 Å². The van der Waals surface area contributed by atoms with E-state index in [0.29, 0.717) is 0 Å². The van der Waals surface area contributed by atoms with Crippen molar-refractivity contribution < 1.29 is 0 Å². The molecule has 0 aliphatic heterocycles. The van der Waals surface area contributed by atoms with E-state index in [1.165, 1.54) is 70.7 Å². The summed E-state index contributed by atoms with van der Waals surface area (Å²) in [6, 6.07) is 22.8. The Morgan fingerprint density at radius 1 is 0.806 bits per heavy atom. The molecular weight excluding hydrogens is 511 g/mol. The molecule has 0 bridgehead atoms. The first kappa shape index (κ1) is 17.0. The Morgan fingerprint density at radius 2 is 1.65 bits per heavy atom. The number of nitrogens with zero attached hydrogens (tertiary/aromatic N) is 2. The van der Waals surface area contributed by atoms with Gasteiger partial charge in [0.15, 0.2) is 0 Å². The summed E-state index contributed by atoms with van der Waals surface area (Å²) >= 11 is 4.33. The fourth-order valence-corrected chi connectivity index (χ4v) is 7.97. The molecular formula is C27H17IN2S. The molecule has 4 heteroatoms. The highest BCUT2D eigenvalue weighted by molar-refractivity contribution is 14.1. The van der Waals surface area contributed by atoms with E-state index in [4.69, 9.17) is 0 Å². The van der Waals surface area contributed by atoms with Crippen LogP contribution in [0.15, 0.2) is 66.0 Å². The van der Waals surface area contributed by atoms with Crippen LogP contribution in [0.1, 0.15) is 25.0 Å². The molecule has 0 radical (unpaired) electrons. The molecule has 1 aliphatic carbocycles. The van der Waals surface area contributed by atoms with E-state index in [9.17, 15) is 0 Å². The van der Waals surface area contributed by atoms with Gasteiger partial charge in [-0.2, -0.15) is 0 Å². The average molecular weight is 528 g/mol. The van der Waals surface area contributed by atoms with Gasteiger partial charge < -0.3 is 0 Å². The third-order valence-corrected chi connectivity index (χ3v) is 9.38. The number of halogens is 1. The average Bonchev–Trinajstić information content (AvgIpc) is 3.48. The van der Waals surface area contributed by atoms with Crippen molar-refractivity contribution in [2.75, 3.05) is 0 Å². The first-order valence-electron chi connectivity index (χ1n) is 10.6. The minimum atomic E-state index is -0.0226. The molecule has 31 heavy (non-hydrogen) atoms. The predicted molar refractivity (Wildman–Crippen MR) is 141 cm³/mol. The van der Waals surface area contributed by atoms with Crippen LogP contribution in [0.5, 0.6) is 0 Å². The van der Waals surface area contributed by atoms with Gasteiger partial charge in [0, 0.05) is 32.5 Å². The Bertz CT molecular complexity index is 1880. The summed E-state index contributed by atoms with van der Waals surface area (Å²) in [6.07, 6.45) is 0. The highest BCUT2D eigenvalue weighted by atomic mass is 127. The smallest absolute Gasteiger partial charge is 0.108 e. The predicted octanol–water partition coefficient (Wildman–Crippen LogP) is 8.36. The molecule has 148 valence electrons. The number of rotatable bonds is 0. The number of hydrogen-bond acceptors (Lipinski definition) is 1. The van der Waals surface area contributed by atoms with Gasteiger partial charge in [-0.25, -0.2) is 0 Å². The molecule has 0 saturated heterocycles. The summed E-state index contributed by atoms with van der Waals surface area (Å²) < 4.78 is 4.93. The number of aromatic nitrogens is 2. The molecule has 7 aromatic rings. The van der Waals surface area contributed by atoms with Gasteiger partial charge >= 0.3 is 0 Å². The Morgan fingerprint density at radius 3 is 2.55 bits per heavy atom. The largest absolute Gasteiger partial charge is 0.299 e. The summed E-state index contributed by atoms with van der Waals surface area (Å²) in [4.78, 5) is 1.34. The molecule has 0 unspecified atom stereocenters. The molecule has 3 aromatic carbocycles. The molecule has 0 N–H and O–H groups in total. The third-order valence-electron chi connectivity index (χ3n) is 7.44. The lowest BCUT2D eigenvalue weighted by Crippen LogP contribution is -2.14. The summed E-state index contributed by atoms with van der Waals surface area (Å²) in [5.74, 6) is 0. The molecule has 2 nitrogen and oxygen atoms in total. The maximum Gasteiger partial charge on any atom is 0.108 e. The molecule has 0 spiro atoms. The second-order valence-electron chi connectivity index (χ2n) is 9.21. The quantitative estimate of drug-likeness (QED) is 0.175. The highest BCUT2D eigenvalue weighted by Gasteiger charge is 2.40. The van der Waals surface area contributed by atoms with Crippen LogP contribution in [-0.4, -0.2) is 7.18 Å². The number of thiophene rings is 1. The van der Waals surface area contributed by atoms with Gasteiger partial charge in [-0.1, -0.05) is 56.3 Å². The van der Waals surface area contributed by atoms with E-state index in [-0.39, 0.29) is 5.41 Å². The second kappa shape index (κ2) is 5.25. The van der Waals surface area contributed by atoms with Gasteiger partial charge in [0.25, 0.3) is 0 Å². The van der Waals surface area contributed by atoms with Crippen LogP contribution in [0.25, 0.3) is 59.6 Å². The van der Waals surface area contributed by atoms with E-state index in [1.807, 2.05) is 11.3 Å². The molecule has 4 aromatic heterocycles. The van der Waals surface area contributed by atoms with Gasteiger partial charge in [0.2, 0.25) is 0 Å². The summed E-state index contributed by atoms with van der Waals surface area (Å²) in [5.41, 5.74) is 9.61. The zero-order valence-electron chi connectivity index (χ0n) is 17.0. The third kappa shape index (κ3) is 1.72. The van der Waals surface area contributed by atoms with Crippen molar-refractivity contribution in [1.29, 1.82) is 0 Å². The van der Waals surface area contributed by atoms with E-state index in [1.54, 1.807) is 0 Å². The normalized spacial score (nSPS) is 15.2.